The fourth-order valence-corrected chi connectivity index (χ4v) is 2.95. The number of furan rings is 1. The highest BCUT2D eigenvalue weighted by atomic mass is 16.6. The minimum Gasteiger partial charge on any atom is -0.459 e. The van der Waals surface area contributed by atoms with Crippen LogP contribution in [-0.2, 0) is 11.3 Å². The molecular weight excluding hydrogens is 320 g/mol. The van der Waals surface area contributed by atoms with Crippen molar-refractivity contribution >= 4 is 23.0 Å². The third-order valence-corrected chi connectivity index (χ3v) is 4.25. The van der Waals surface area contributed by atoms with Crippen LogP contribution in [-0.4, -0.2) is 42.7 Å². The van der Waals surface area contributed by atoms with Gasteiger partial charge in [-0.15, -0.1) is 0 Å². The van der Waals surface area contributed by atoms with E-state index >= 15 is 0 Å². The first-order valence-electron chi connectivity index (χ1n) is 8.61. The number of fused-ring (bicyclic) bond motifs is 1. The molecule has 2 heterocycles. The molecule has 1 aromatic carbocycles. The fraction of sp³-hybridized carbons (Fsp3) is 0.444. The maximum absolute atomic E-state index is 11.7. The van der Waals surface area contributed by atoms with Crippen molar-refractivity contribution in [2.45, 2.75) is 32.4 Å². The van der Waals surface area contributed by atoms with Crippen molar-refractivity contribution in [3.05, 3.63) is 36.1 Å². The first-order valence-corrected chi connectivity index (χ1v) is 8.61. The van der Waals surface area contributed by atoms with Gasteiger partial charge in [-0.25, -0.2) is 9.79 Å². The van der Waals surface area contributed by atoms with Crippen LogP contribution in [0.5, 0.6) is 0 Å². The number of likely N-dealkylation sites (tertiary alicyclic amines) is 1. The normalized spacial score (nSPS) is 16.2. The van der Waals surface area contributed by atoms with Crippen molar-refractivity contribution < 1.29 is 13.9 Å². The minimum absolute atomic E-state index is 0.213. The molecule has 25 heavy (non-hydrogen) atoms. The summed E-state index contributed by atoms with van der Waals surface area (Å²) in [5, 5.41) is 4.28. The van der Waals surface area contributed by atoms with E-state index in [1.165, 1.54) is 0 Å². The highest BCUT2D eigenvalue weighted by Gasteiger charge is 2.23. The number of benzene rings is 1. The van der Waals surface area contributed by atoms with Crippen molar-refractivity contribution in [1.82, 2.24) is 10.2 Å². The predicted octanol–water partition coefficient (Wildman–Crippen LogP) is 2.46. The van der Waals surface area contributed by atoms with E-state index in [9.17, 15) is 4.79 Å². The molecule has 1 aliphatic heterocycles. The van der Waals surface area contributed by atoms with Crippen LogP contribution < -0.4 is 11.1 Å². The second-order valence-corrected chi connectivity index (χ2v) is 6.06. The van der Waals surface area contributed by atoms with Crippen LogP contribution in [0, 0.1) is 0 Å². The summed E-state index contributed by atoms with van der Waals surface area (Å²) in [5.41, 5.74) is 6.83. The largest absolute Gasteiger partial charge is 0.459 e. The zero-order valence-corrected chi connectivity index (χ0v) is 14.4. The summed E-state index contributed by atoms with van der Waals surface area (Å²) in [5.74, 6) is 1.18. The number of rotatable bonds is 4. The Morgan fingerprint density at radius 3 is 2.88 bits per heavy atom. The van der Waals surface area contributed by atoms with E-state index < -0.39 is 0 Å². The lowest BCUT2D eigenvalue weighted by atomic mass is 10.1. The Kier molecular flexibility index (Phi) is 5.42. The SMILES string of the molecule is CCOC(=O)N1CCC(NC(N)=NCc2cc3ccccc3o2)CC1. The summed E-state index contributed by atoms with van der Waals surface area (Å²) < 4.78 is 10.7. The maximum atomic E-state index is 11.7. The molecule has 0 atom stereocenters. The van der Waals surface area contributed by atoms with E-state index in [1.807, 2.05) is 37.3 Å². The van der Waals surface area contributed by atoms with Gasteiger partial charge in [0, 0.05) is 24.5 Å². The minimum atomic E-state index is -0.243. The van der Waals surface area contributed by atoms with Crippen molar-refractivity contribution in [3.63, 3.8) is 0 Å². The third kappa shape index (κ3) is 4.43. The van der Waals surface area contributed by atoms with E-state index in [0.717, 1.165) is 29.6 Å². The summed E-state index contributed by atoms with van der Waals surface area (Å²) in [7, 11) is 0. The van der Waals surface area contributed by atoms with Gasteiger partial charge in [-0.05, 0) is 31.9 Å². The molecule has 0 unspecified atom stereocenters. The second-order valence-electron chi connectivity index (χ2n) is 6.06. The van der Waals surface area contributed by atoms with Gasteiger partial charge in [0.2, 0.25) is 0 Å². The van der Waals surface area contributed by atoms with E-state index in [-0.39, 0.29) is 12.1 Å². The first kappa shape index (κ1) is 17.1. The van der Waals surface area contributed by atoms with Gasteiger partial charge in [-0.3, -0.25) is 0 Å². The Hall–Kier alpha value is -2.70. The van der Waals surface area contributed by atoms with E-state index in [2.05, 4.69) is 10.3 Å². The average molecular weight is 344 g/mol. The Balaban J connectivity index is 1.48. The number of amides is 1. The standard InChI is InChI=1S/C18H24N4O3/c1-2-24-18(23)22-9-7-14(8-10-22)21-17(19)20-12-15-11-13-5-3-4-6-16(13)25-15/h3-6,11,14H,2,7-10,12H2,1H3,(H3,19,20,21). The van der Waals surface area contributed by atoms with Crippen LogP contribution in [0.1, 0.15) is 25.5 Å². The van der Waals surface area contributed by atoms with Crippen LogP contribution >= 0.6 is 0 Å². The van der Waals surface area contributed by atoms with Gasteiger partial charge in [0.1, 0.15) is 17.9 Å². The van der Waals surface area contributed by atoms with Gasteiger partial charge in [0.05, 0.1) is 6.61 Å². The van der Waals surface area contributed by atoms with Crippen molar-refractivity contribution in [2.24, 2.45) is 10.7 Å². The van der Waals surface area contributed by atoms with Gasteiger partial charge < -0.3 is 25.1 Å². The number of carbonyl (C=O) groups is 1. The number of piperidine rings is 1. The Morgan fingerprint density at radius 2 is 2.16 bits per heavy atom. The fourth-order valence-electron chi connectivity index (χ4n) is 2.95. The Labute approximate surface area is 146 Å². The number of guanidine groups is 1. The zero-order valence-electron chi connectivity index (χ0n) is 14.4. The molecule has 0 bridgehead atoms. The summed E-state index contributed by atoms with van der Waals surface area (Å²) in [4.78, 5) is 17.8. The van der Waals surface area contributed by atoms with Crippen LogP contribution in [0.25, 0.3) is 11.0 Å². The van der Waals surface area contributed by atoms with E-state index in [0.29, 0.717) is 32.2 Å². The number of nitrogens with one attached hydrogen (secondary N) is 1. The summed E-state index contributed by atoms with van der Waals surface area (Å²) >= 11 is 0. The Morgan fingerprint density at radius 1 is 1.40 bits per heavy atom. The van der Waals surface area contributed by atoms with Crippen molar-refractivity contribution in [1.29, 1.82) is 0 Å². The summed E-state index contributed by atoms with van der Waals surface area (Å²) in [6, 6.07) is 10.0. The quantitative estimate of drug-likeness (QED) is 0.656. The number of carbonyl (C=O) groups excluding carboxylic acids is 1. The van der Waals surface area contributed by atoms with E-state index in [4.69, 9.17) is 14.9 Å². The monoisotopic (exact) mass is 344 g/mol. The number of nitrogens with two attached hydrogens (primary N) is 1. The molecule has 3 N–H and O–H groups in total. The highest BCUT2D eigenvalue weighted by molar-refractivity contribution is 5.79. The third-order valence-electron chi connectivity index (χ3n) is 4.25. The molecule has 7 heteroatoms. The summed E-state index contributed by atoms with van der Waals surface area (Å²) in [6.07, 6.45) is 1.40. The lowest BCUT2D eigenvalue weighted by Gasteiger charge is -2.31. The first-order chi connectivity index (χ1) is 12.2. The van der Waals surface area contributed by atoms with Gasteiger partial charge in [-0.2, -0.15) is 0 Å². The molecule has 7 nitrogen and oxygen atoms in total. The molecule has 1 saturated heterocycles. The van der Waals surface area contributed by atoms with Crippen LogP contribution in [0.2, 0.25) is 0 Å². The molecule has 2 aromatic rings. The second kappa shape index (κ2) is 7.92. The molecule has 1 fully saturated rings. The molecule has 0 saturated carbocycles. The molecular formula is C18H24N4O3. The topological polar surface area (TPSA) is 93.1 Å². The van der Waals surface area contributed by atoms with Crippen LogP contribution in [0.4, 0.5) is 4.79 Å². The average Bonchev–Trinajstić information content (AvgIpc) is 3.04. The number of hydrogen-bond acceptors (Lipinski definition) is 4. The lowest BCUT2D eigenvalue weighted by molar-refractivity contribution is 0.0963. The molecule has 1 aromatic heterocycles. The van der Waals surface area contributed by atoms with Gasteiger partial charge in [0.15, 0.2) is 5.96 Å². The zero-order chi connectivity index (χ0) is 17.6. The summed E-state index contributed by atoms with van der Waals surface area (Å²) in [6.45, 7) is 3.93. The van der Waals surface area contributed by atoms with Crippen LogP contribution in [0.3, 0.4) is 0 Å². The van der Waals surface area contributed by atoms with Crippen LogP contribution in [0.15, 0.2) is 39.7 Å². The van der Waals surface area contributed by atoms with Gasteiger partial charge >= 0.3 is 6.09 Å². The molecule has 0 spiro atoms. The number of para-hydroxylation sites is 1. The van der Waals surface area contributed by atoms with Crippen molar-refractivity contribution in [3.8, 4) is 0 Å². The smallest absolute Gasteiger partial charge is 0.409 e. The number of ether oxygens (including phenoxy) is 1. The Bertz CT molecular complexity index is 715. The lowest BCUT2D eigenvalue weighted by Crippen LogP contribution is -2.48. The van der Waals surface area contributed by atoms with Crippen molar-refractivity contribution in [2.75, 3.05) is 19.7 Å². The number of aliphatic imine (C=N–C) groups is 1. The molecule has 0 aliphatic carbocycles. The maximum Gasteiger partial charge on any atom is 0.409 e. The molecule has 134 valence electrons. The predicted molar refractivity (Wildman–Crippen MR) is 96.3 cm³/mol. The van der Waals surface area contributed by atoms with E-state index in [1.54, 1.807) is 4.90 Å². The van der Waals surface area contributed by atoms with Gasteiger partial charge in [-0.1, -0.05) is 18.2 Å². The number of nitrogens with zero attached hydrogens (tertiary/aromatic N) is 2. The molecule has 0 radical (unpaired) electrons. The molecule has 1 amide bonds. The molecule has 1 aliphatic rings. The number of hydrogen-bond donors (Lipinski definition) is 2. The van der Waals surface area contributed by atoms with Gasteiger partial charge in [0.25, 0.3) is 0 Å². The molecule has 3 rings (SSSR count). The highest BCUT2D eigenvalue weighted by Crippen LogP contribution is 2.19.